The van der Waals surface area contributed by atoms with E-state index in [0.29, 0.717) is 0 Å². The van der Waals surface area contributed by atoms with Gasteiger partial charge in [-0.1, -0.05) is 19.4 Å². The minimum absolute atomic E-state index is 0.229. The molecule has 0 saturated carbocycles. The van der Waals surface area contributed by atoms with E-state index in [4.69, 9.17) is 9.79 Å². The second-order valence-electron chi connectivity index (χ2n) is 4.00. The third-order valence-corrected chi connectivity index (χ3v) is 2.84. The van der Waals surface area contributed by atoms with Crippen LogP contribution in [0.2, 0.25) is 0 Å². The Morgan fingerprint density at radius 2 is 2.12 bits per heavy atom. The van der Waals surface area contributed by atoms with Gasteiger partial charge in [0.25, 0.3) is 0 Å². The second-order valence-corrected chi connectivity index (χ2v) is 5.69. The lowest BCUT2D eigenvalue weighted by atomic mass is 10.3. The number of rotatable bonds is 5. The lowest BCUT2D eigenvalue weighted by Gasteiger charge is -2.17. The van der Waals surface area contributed by atoms with Crippen molar-refractivity contribution in [1.29, 1.82) is 0 Å². The highest BCUT2D eigenvalue weighted by atomic mass is 31.2. The summed E-state index contributed by atoms with van der Waals surface area (Å²) in [4.78, 5) is 20.6. The van der Waals surface area contributed by atoms with E-state index >= 15 is 0 Å². The van der Waals surface area contributed by atoms with Gasteiger partial charge in [0, 0.05) is 26.0 Å². The Morgan fingerprint density at radius 3 is 2.41 bits per heavy atom. The average molecular weight is 262 g/mol. The highest BCUT2D eigenvalue weighted by Crippen LogP contribution is 2.33. The van der Waals surface area contributed by atoms with Crippen molar-refractivity contribution in [1.82, 2.24) is 9.80 Å². The first kappa shape index (κ1) is 16.2. The number of allylic oxidation sites excluding steroid dienone is 1. The molecule has 0 aliphatic carbocycles. The summed E-state index contributed by atoms with van der Waals surface area (Å²) in [5.41, 5.74) is 0. The van der Waals surface area contributed by atoms with Gasteiger partial charge in [0.15, 0.2) is 0 Å². The minimum atomic E-state index is -3.78. The molecule has 0 amide bonds. The molecule has 100 valence electrons. The maximum Gasteiger partial charge on any atom is 0.329 e. The van der Waals surface area contributed by atoms with E-state index in [9.17, 15) is 4.57 Å². The highest BCUT2D eigenvalue weighted by Gasteiger charge is 2.07. The summed E-state index contributed by atoms with van der Waals surface area (Å²) in [6, 6.07) is 0. The molecule has 0 bridgehead atoms. The molecule has 0 radical (unpaired) electrons. The van der Waals surface area contributed by atoms with Crippen molar-refractivity contribution < 1.29 is 14.4 Å². The van der Waals surface area contributed by atoms with Crippen molar-refractivity contribution in [3.8, 4) is 0 Å². The molecule has 1 heterocycles. The molecule has 0 aromatic carbocycles. The molecule has 0 fully saturated rings. The molecule has 0 unspecified atom stereocenters. The van der Waals surface area contributed by atoms with Crippen LogP contribution in [0.1, 0.15) is 19.8 Å². The van der Waals surface area contributed by atoms with Gasteiger partial charge in [-0.2, -0.15) is 0 Å². The van der Waals surface area contributed by atoms with E-state index in [1.807, 2.05) is 0 Å². The van der Waals surface area contributed by atoms with Crippen molar-refractivity contribution in [2.24, 2.45) is 0 Å². The first-order valence-electron chi connectivity index (χ1n) is 5.67. The molecule has 0 aromatic rings. The molecular formula is C11H23N2O3P. The first-order chi connectivity index (χ1) is 7.89. The Balaban J connectivity index is 0.000000325. The molecular weight excluding hydrogens is 239 g/mol. The summed E-state index contributed by atoms with van der Waals surface area (Å²) in [7, 11) is -1.68. The SMILES string of the molecule is C=CCP(=O)(O)O.CCCCN1C=CN(C)C1. The fraction of sp³-hybridized carbons (Fsp3) is 0.636. The Labute approximate surface area is 104 Å². The van der Waals surface area contributed by atoms with E-state index in [1.165, 1.54) is 25.5 Å². The standard InChI is InChI=1S/C8H16N2.C3H7O3P/c1-3-4-5-10-7-6-9(2)8-10;1-2-3-7(4,5)6/h6-7H,3-5,8H2,1-2H3;2H,1,3H2,(H2,4,5,6). The van der Waals surface area contributed by atoms with E-state index in [2.05, 4.69) is 42.8 Å². The van der Waals surface area contributed by atoms with Gasteiger partial charge in [0.1, 0.15) is 0 Å². The molecule has 0 atom stereocenters. The topological polar surface area (TPSA) is 64.0 Å². The lowest BCUT2D eigenvalue weighted by Crippen LogP contribution is -2.23. The fourth-order valence-electron chi connectivity index (χ4n) is 1.26. The van der Waals surface area contributed by atoms with E-state index in [-0.39, 0.29) is 6.16 Å². The molecule has 0 spiro atoms. The van der Waals surface area contributed by atoms with Crippen molar-refractivity contribution in [2.45, 2.75) is 19.8 Å². The van der Waals surface area contributed by atoms with Crippen LogP contribution in [0.3, 0.4) is 0 Å². The fourth-order valence-corrected chi connectivity index (χ4v) is 1.60. The Hall–Kier alpha value is -0.770. The maximum absolute atomic E-state index is 9.85. The van der Waals surface area contributed by atoms with Gasteiger partial charge < -0.3 is 19.6 Å². The van der Waals surface area contributed by atoms with Gasteiger partial charge in [-0.25, -0.2) is 0 Å². The summed E-state index contributed by atoms with van der Waals surface area (Å²) < 4.78 is 9.85. The van der Waals surface area contributed by atoms with Crippen LogP contribution in [0.25, 0.3) is 0 Å². The Kier molecular flexibility index (Phi) is 7.96. The average Bonchev–Trinajstić information content (AvgIpc) is 2.60. The molecule has 2 N–H and O–H groups in total. The summed E-state index contributed by atoms with van der Waals surface area (Å²) >= 11 is 0. The molecule has 6 heteroatoms. The number of nitrogens with zero attached hydrogens (tertiary/aromatic N) is 2. The van der Waals surface area contributed by atoms with Gasteiger partial charge >= 0.3 is 7.60 Å². The predicted octanol–water partition coefficient (Wildman–Crippen LogP) is 1.81. The number of hydrogen-bond acceptors (Lipinski definition) is 3. The van der Waals surface area contributed by atoms with Crippen molar-refractivity contribution in [3.05, 3.63) is 25.1 Å². The van der Waals surface area contributed by atoms with Crippen molar-refractivity contribution in [3.63, 3.8) is 0 Å². The van der Waals surface area contributed by atoms with Gasteiger partial charge in [0.2, 0.25) is 0 Å². The number of unbranched alkanes of at least 4 members (excludes halogenated alkanes) is 1. The first-order valence-corrected chi connectivity index (χ1v) is 7.47. The van der Waals surface area contributed by atoms with Gasteiger partial charge in [-0.05, 0) is 6.42 Å². The molecule has 17 heavy (non-hydrogen) atoms. The quantitative estimate of drug-likeness (QED) is 0.584. The third kappa shape index (κ3) is 10.1. The zero-order valence-corrected chi connectivity index (χ0v) is 11.5. The molecule has 1 aliphatic heterocycles. The van der Waals surface area contributed by atoms with Crippen molar-refractivity contribution in [2.75, 3.05) is 26.4 Å². The highest BCUT2D eigenvalue weighted by molar-refractivity contribution is 7.51. The third-order valence-electron chi connectivity index (χ3n) is 2.10. The predicted molar refractivity (Wildman–Crippen MR) is 70.5 cm³/mol. The van der Waals surface area contributed by atoms with Gasteiger partial charge in [-0.3, -0.25) is 4.57 Å². The van der Waals surface area contributed by atoms with Crippen LogP contribution < -0.4 is 0 Å². The Bertz CT molecular complexity index is 288. The van der Waals surface area contributed by atoms with Crippen LogP contribution in [-0.4, -0.2) is 46.0 Å². The normalized spacial score (nSPS) is 14.6. The summed E-state index contributed by atoms with van der Waals surface area (Å²) in [6.07, 6.45) is 7.84. The zero-order valence-electron chi connectivity index (χ0n) is 10.6. The van der Waals surface area contributed by atoms with Crippen LogP contribution in [0.5, 0.6) is 0 Å². The van der Waals surface area contributed by atoms with Crippen LogP contribution in [-0.2, 0) is 4.57 Å². The van der Waals surface area contributed by atoms with Crippen molar-refractivity contribution >= 4 is 7.60 Å². The minimum Gasteiger partial charge on any atom is -0.362 e. The van der Waals surface area contributed by atoms with E-state index < -0.39 is 7.60 Å². The van der Waals surface area contributed by atoms with Crippen LogP contribution >= 0.6 is 7.60 Å². The maximum atomic E-state index is 9.85. The van der Waals surface area contributed by atoms with Gasteiger partial charge in [0.05, 0.1) is 12.8 Å². The number of hydrogen-bond donors (Lipinski definition) is 2. The van der Waals surface area contributed by atoms with Crippen LogP contribution in [0, 0.1) is 0 Å². The smallest absolute Gasteiger partial charge is 0.329 e. The summed E-state index contributed by atoms with van der Waals surface area (Å²) in [6.45, 7) is 7.65. The second kappa shape index (κ2) is 8.34. The van der Waals surface area contributed by atoms with Crippen LogP contribution in [0.15, 0.2) is 25.1 Å². The summed E-state index contributed by atoms with van der Waals surface area (Å²) in [5, 5.41) is 0. The Morgan fingerprint density at radius 1 is 1.47 bits per heavy atom. The van der Waals surface area contributed by atoms with Crippen LogP contribution in [0.4, 0.5) is 0 Å². The molecule has 1 aliphatic rings. The molecule has 1 rings (SSSR count). The van der Waals surface area contributed by atoms with E-state index in [1.54, 1.807) is 0 Å². The largest absolute Gasteiger partial charge is 0.362 e. The van der Waals surface area contributed by atoms with Gasteiger partial charge in [-0.15, -0.1) is 6.58 Å². The summed E-state index contributed by atoms with van der Waals surface area (Å²) in [5.74, 6) is 0. The lowest BCUT2D eigenvalue weighted by molar-refractivity contribution is 0.293. The molecule has 5 nitrogen and oxygen atoms in total. The zero-order chi connectivity index (χ0) is 13.3. The molecule has 0 saturated heterocycles. The molecule has 0 aromatic heterocycles. The van der Waals surface area contributed by atoms with E-state index in [0.717, 1.165) is 6.67 Å². The monoisotopic (exact) mass is 262 g/mol.